The van der Waals surface area contributed by atoms with Crippen LogP contribution in [0.25, 0.3) is 11.4 Å². The molecule has 0 amide bonds. The summed E-state index contributed by atoms with van der Waals surface area (Å²) in [6.07, 6.45) is 8.32. The second kappa shape index (κ2) is 6.79. The van der Waals surface area contributed by atoms with E-state index in [4.69, 9.17) is 19.0 Å². The van der Waals surface area contributed by atoms with Crippen molar-refractivity contribution in [3.05, 3.63) is 29.7 Å². The number of aryl methyl sites for hydroxylation is 1. The molecule has 1 heterocycles. The average Bonchev–Trinajstić information content (AvgIpc) is 3.23. The molecular formula is C20H26N2O3. The van der Waals surface area contributed by atoms with Crippen LogP contribution < -0.4 is 4.74 Å². The Hall–Kier alpha value is -1.88. The highest BCUT2D eigenvalue weighted by atomic mass is 16.5. The van der Waals surface area contributed by atoms with Crippen LogP contribution in [0.15, 0.2) is 22.7 Å². The monoisotopic (exact) mass is 342 g/mol. The second-order valence-electron chi connectivity index (χ2n) is 7.51. The van der Waals surface area contributed by atoms with E-state index >= 15 is 0 Å². The normalized spacial score (nSPS) is 19.8. The molecule has 2 aromatic rings. The zero-order valence-corrected chi connectivity index (χ0v) is 15.1. The minimum absolute atomic E-state index is 0.100. The molecule has 1 aromatic carbocycles. The van der Waals surface area contributed by atoms with Crippen LogP contribution in [0.1, 0.15) is 56.4 Å². The minimum Gasteiger partial charge on any atom is -0.490 e. The van der Waals surface area contributed by atoms with Gasteiger partial charge in [-0.15, -0.1) is 0 Å². The molecule has 0 radical (unpaired) electrons. The highest BCUT2D eigenvalue weighted by Crippen LogP contribution is 2.44. The Balaban J connectivity index is 1.63. The molecule has 134 valence electrons. The molecule has 2 aliphatic carbocycles. The van der Waals surface area contributed by atoms with Gasteiger partial charge in [0.1, 0.15) is 5.75 Å². The molecule has 4 rings (SSSR count). The molecule has 0 N–H and O–H groups in total. The number of methoxy groups -OCH3 is 1. The largest absolute Gasteiger partial charge is 0.490 e. The van der Waals surface area contributed by atoms with Crippen LogP contribution in [0.3, 0.4) is 0 Å². The average molecular weight is 342 g/mol. The Kier molecular flexibility index (Phi) is 4.50. The van der Waals surface area contributed by atoms with Crippen molar-refractivity contribution in [3.63, 3.8) is 0 Å². The molecule has 2 fully saturated rings. The van der Waals surface area contributed by atoms with Crippen LogP contribution in [0.5, 0.6) is 5.75 Å². The first-order valence-corrected chi connectivity index (χ1v) is 9.31. The van der Waals surface area contributed by atoms with E-state index in [1.165, 1.54) is 24.8 Å². The van der Waals surface area contributed by atoms with Crippen LogP contribution in [-0.4, -0.2) is 30.0 Å². The number of hydrogen-bond donors (Lipinski definition) is 0. The van der Waals surface area contributed by atoms with Gasteiger partial charge in [0.05, 0.1) is 23.7 Å². The van der Waals surface area contributed by atoms with Crippen molar-refractivity contribution < 1.29 is 14.0 Å². The van der Waals surface area contributed by atoms with E-state index in [1.54, 1.807) is 7.11 Å². The first-order chi connectivity index (χ1) is 12.2. The highest BCUT2D eigenvalue weighted by molar-refractivity contribution is 5.64. The number of aromatic nitrogens is 2. The van der Waals surface area contributed by atoms with Crippen LogP contribution in [0.2, 0.25) is 0 Å². The van der Waals surface area contributed by atoms with Gasteiger partial charge >= 0.3 is 0 Å². The van der Waals surface area contributed by atoms with E-state index in [1.807, 2.05) is 6.07 Å². The Morgan fingerprint density at radius 3 is 2.68 bits per heavy atom. The standard InChI is InChI=1S/C20H26N2O3/c1-14-8-9-16(17(12-14)24-15-6-3-4-7-15)18-21-19(25-22-18)20(13-23-2)10-5-11-20/h8-9,12,15H,3-7,10-11,13H2,1-2H3. The summed E-state index contributed by atoms with van der Waals surface area (Å²) >= 11 is 0. The zero-order valence-electron chi connectivity index (χ0n) is 15.1. The molecule has 5 nitrogen and oxygen atoms in total. The smallest absolute Gasteiger partial charge is 0.235 e. The lowest BCUT2D eigenvalue weighted by Gasteiger charge is -2.37. The molecule has 0 aliphatic heterocycles. The fourth-order valence-corrected chi connectivity index (χ4v) is 3.95. The summed E-state index contributed by atoms with van der Waals surface area (Å²) in [6.45, 7) is 2.71. The van der Waals surface area contributed by atoms with Gasteiger partial charge in [-0.3, -0.25) is 0 Å². The number of hydrogen-bond acceptors (Lipinski definition) is 5. The van der Waals surface area contributed by atoms with Crippen LogP contribution in [0, 0.1) is 6.92 Å². The van der Waals surface area contributed by atoms with Crippen LogP contribution >= 0.6 is 0 Å². The van der Waals surface area contributed by atoms with Crippen LogP contribution in [-0.2, 0) is 10.2 Å². The lowest BCUT2D eigenvalue weighted by Crippen LogP contribution is -2.39. The number of ether oxygens (including phenoxy) is 2. The number of benzene rings is 1. The van der Waals surface area contributed by atoms with Crippen molar-refractivity contribution in [1.82, 2.24) is 10.1 Å². The van der Waals surface area contributed by atoms with Gasteiger partial charge in [0.15, 0.2) is 0 Å². The Morgan fingerprint density at radius 2 is 2.00 bits per heavy atom. The summed E-state index contributed by atoms with van der Waals surface area (Å²) in [5.41, 5.74) is 1.99. The van der Waals surface area contributed by atoms with Gasteiger partial charge in [0.25, 0.3) is 0 Å². The molecular weight excluding hydrogens is 316 g/mol. The minimum atomic E-state index is -0.100. The summed E-state index contributed by atoms with van der Waals surface area (Å²) < 4.78 is 17.3. The maximum atomic E-state index is 6.28. The first kappa shape index (κ1) is 16.6. The predicted octanol–water partition coefficient (Wildman–Crippen LogP) is 4.43. The molecule has 2 aliphatic rings. The van der Waals surface area contributed by atoms with E-state index in [2.05, 4.69) is 24.2 Å². The molecule has 25 heavy (non-hydrogen) atoms. The van der Waals surface area contributed by atoms with Gasteiger partial charge < -0.3 is 14.0 Å². The van der Waals surface area contributed by atoms with E-state index in [0.29, 0.717) is 24.4 Å². The van der Waals surface area contributed by atoms with Gasteiger partial charge in [-0.1, -0.05) is 17.6 Å². The summed E-state index contributed by atoms with van der Waals surface area (Å²) in [6, 6.07) is 6.19. The SMILES string of the molecule is COCC1(c2nc(-c3ccc(C)cc3OC3CCCC3)no2)CCC1. The first-order valence-electron chi connectivity index (χ1n) is 9.31. The molecule has 1 aromatic heterocycles. The van der Waals surface area contributed by atoms with Crippen molar-refractivity contribution >= 4 is 0 Å². The fraction of sp³-hybridized carbons (Fsp3) is 0.600. The third-order valence-electron chi connectivity index (χ3n) is 5.58. The van der Waals surface area contributed by atoms with E-state index in [0.717, 1.165) is 37.0 Å². The maximum Gasteiger partial charge on any atom is 0.235 e. The number of nitrogens with zero attached hydrogens (tertiary/aromatic N) is 2. The van der Waals surface area contributed by atoms with Crippen molar-refractivity contribution in [2.45, 2.75) is 63.4 Å². The predicted molar refractivity (Wildman–Crippen MR) is 94.8 cm³/mol. The molecule has 0 spiro atoms. The molecule has 0 atom stereocenters. The molecule has 0 unspecified atom stereocenters. The van der Waals surface area contributed by atoms with Gasteiger partial charge in [-0.25, -0.2) is 0 Å². The summed E-state index contributed by atoms with van der Waals surface area (Å²) in [5.74, 6) is 2.18. The quantitative estimate of drug-likeness (QED) is 0.777. The van der Waals surface area contributed by atoms with Crippen LogP contribution in [0.4, 0.5) is 0 Å². The Morgan fingerprint density at radius 1 is 1.20 bits per heavy atom. The number of rotatable bonds is 6. The van der Waals surface area contributed by atoms with Crippen molar-refractivity contribution in [1.29, 1.82) is 0 Å². The molecule has 2 saturated carbocycles. The summed E-state index contributed by atoms with van der Waals surface area (Å²) in [5, 5.41) is 4.26. The van der Waals surface area contributed by atoms with E-state index < -0.39 is 0 Å². The van der Waals surface area contributed by atoms with E-state index in [9.17, 15) is 0 Å². The van der Waals surface area contributed by atoms with Crippen molar-refractivity contribution in [2.75, 3.05) is 13.7 Å². The Bertz CT molecular complexity index is 730. The highest BCUT2D eigenvalue weighted by Gasteiger charge is 2.44. The zero-order chi connectivity index (χ0) is 17.3. The molecule has 0 saturated heterocycles. The van der Waals surface area contributed by atoms with Crippen molar-refractivity contribution in [3.8, 4) is 17.1 Å². The molecule has 0 bridgehead atoms. The lowest BCUT2D eigenvalue weighted by atomic mass is 9.69. The third-order valence-corrected chi connectivity index (χ3v) is 5.58. The fourth-order valence-electron chi connectivity index (χ4n) is 3.95. The van der Waals surface area contributed by atoms with Gasteiger partial charge in [0.2, 0.25) is 11.7 Å². The topological polar surface area (TPSA) is 57.4 Å². The Labute approximate surface area is 148 Å². The van der Waals surface area contributed by atoms with Gasteiger partial charge in [0, 0.05) is 7.11 Å². The van der Waals surface area contributed by atoms with E-state index in [-0.39, 0.29) is 5.41 Å². The lowest BCUT2D eigenvalue weighted by molar-refractivity contribution is 0.0552. The van der Waals surface area contributed by atoms with Gasteiger partial charge in [-0.05, 0) is 63.1 Å². The maximum absolute atomic E-state index is 6.28. The molecule has 5 heteroatoms. The second-order valence-corrected chi connectivity index (χ2v) is 7.51. The third kappa shape index (κ3) is 3.17. The summed E-state index contributed by atoms with van der Waals surface area (Å²) in [7, 11) is 1.73. The summed E-state index contributed by atoms with van der Waals surface area (Å²) in [4.78, 5) is 4.72. The van der Waals surface area contributed by atoms with Gasteiger partial charge in [-0.2, -0.15) is 4.98 Å². The van der Waals surface area contributed by atoms with Crippen molar-refractivity contribution in [2.24, 2.45) is 0 Å².